The number of carboxylic acids is 1. The highest BCUT2D eigenvalue weighted by Crippen LogP contribution is 2.43. The van der Waals surface area contributed by atoms with Crippen molar-refractivity contribution in [2.45, 2.75) is 37.2 Å². The third-order valence-corrected chi connectivity index (χ3v) is 3.67. The van der Waals surface area contributed by atoms with Crippen LogP contribution in [0.1, 0.15) is 33.3 Å². The Morgan fingerprint density at radius 2 is 1.62 bits per heavy atom. The Balaban J connectivity index is 3.13. The van der Waals surface area contributed by atoms with Gasteiger partial charge in [-0.05, 0) is 12.5 Å². The Hall–Kier alpha value is -0.960. The van der Waals surface area contributed by atoms with Gasteiger partial charge in [0.15, 0.2) is 0 Å². The average molecular weight is 238 g/mol. The zero-order valence-corrected chi connectivity index (χ0v) is 11.0. The molecule has 1 rings (SSSR count). The van der Waals surface area contributed by atoms with Crippen LogP contribution >= 0.6 is 11.8 Å². The van der Waals surface area contributed by atoms with Crippen LogP contribution in [0.3, 0.4) is 0 Å². The second kappa shape index (κ2) is 4.50. The highest BCUT2D eigenvalue weighted by Gasteiger charge is 2.39. The number of aliphatic carboxylic acids is 1. The first-order chi connectivity index (χ1) is 7.26. The Morgan fingerprint density at radius 1 is 1.12 bits per heavy atom. The molecule has 0 saturated carbocycles. The molecular formula is C13H18O2S. The van der Waals surface area contributed by atoms with E-state index in [9.17, 15) is 9.90 Å². The van der Waals surface area contributed by atoms with Crippen molar-refractivity contribution in [3.63, 3.8) is 0 Å². The molecule has 3 heteroatoms. The number of thioether (sulfide) groups is 1. The van der Waals surface area contributed by atoms with Gasteiger partial charge in [0.05, 0.1) is 0 Å². The quantitative estimate of drug-likeness (QED) is 0.875. The molecule has 1 atom stereocenters. The van der Waals surface area contributed by atoms with Crippen LogP contribution < -0.4 is 0 Å². The van der Waals surface area contributed by atoms with E-state index < -0.39 is 10.7 Å². The van der Waals surface area contributed by atoms with Crippen LogP contribution in [0, 0.1) is 0 Å². The van der Waals surface area contributed by atoms with Gasteiger partial charge < -0.3 is 5.11 Å². The lowest BCUT2D eigenvalue weighted by atomic mass is 10.0. The summed E-state index contributed by atoms with van der Waals surface area (Å²) < 4.78 is -0.984. The monoisotopic (exact) mass is 238 g/mol. The van der Waals surface area contributed by atoms with Gasteiger partial charge in [-0.2, -0.15) is 0 Å². The van der Waals surface area contributed by atoms with Crippen LogP contribution in [0.5, 0.6) is 0 Å². The maximum absolute atomic E-state index is 11.5. The lowest BCUT2D eigenvalue weighted by Gasteiger charge is -2.32. The van der Waals surface area contributed by atoms with Crippen LogP contribution in [-0.2, 0) is 9.54 Å². The van der Waals surface area contributed by atoms with E-state index in [0.29, 0.717) is 0 Å². The minimum absolute atomic E-state index is 0.0943. The fourth-order valence-corrected chi connectivity index (χ4v) is 3.16. The van der Waals surface area contributed by atoms with E-state index in [4.69, 9.17) is 0 Å². The lowest BCUT2D eigenvalue weighted by molar-refractivity contribution is -0.139. The van der Waals surface area contributed by atoms with Crippen molar-refractivity contribution in [3.05, 3.63) is 35.9 Å². The van der Waals surface area contributed by atoms with Crippen molar-refractivity contribution < 1.29 is 9.90 Å². The van der Waals surface area contributed by atoms with Gasteiger partial charge in [0.1, 0.15) is 4.75 Å². The summed E-state index contributed by atoms with van der Waals surface area (Å²) in [4.78, 5) is 11.5. The molecular weight excluding hydrogens is 220 g/mol. The topological polar surface area (TPSA) is 37.3 Å². The molecule has 0 aliphatic rings. The van der Waals surface area contributed by atoms with Crippen LogP contribution in [0.25, 0.3) is 0 Å². The summed E-state index contributed by atoms with van der Waals surface area (Å²) in [5.74, 6) is -0.793. The van der Waals surface area contributed by atoms with Gasteiger partial charge >= 0.3 is 5.97 Å². The SMILES string of the molecule is CC(C)(C)SC(C)(C(=O)O)c1ccccc1. The van der Waals surface area contributed by atoms with Gasteiger partial charge in [0.2, 0.25) is 0 Å². The average Bonchev–Trinajstić information content (AvgIpc) is 2.16. The molecule has 0 aliphatic carbocycles. The largest absolute Gasteiger partial charge is 0.480 e. The van der Waals surface area contributed by atoms with E-state index >= 15 is 0 Å². The van der Waals surface area contributed by atoms with Gasteiger partial charge in [-0.1, -0.05) is 51.1 Å². The highest BCUT2D eigenvalue weighted by molar-refractivity contribution is 8.02. The van der Waals surface area contributed by atoms with Gasteiger partial charge in [-0.15, -0.1) is 11.8 Å². The molecule has 0 spiro atoms. The Morgan fingerprint density at radius 3 is 2.00 bits per heavy atom. The summed E-state index contributed by atoms with van der Waals surface area (Å²) in [6.45, 7) is 7.85. The summed E-state index contributed by atoms with van der Waals surface area (Å²) in [7, 11) is 0. The van der Waals surface area contributed by atoms with Crippen molar-refractivity contribution >= 4 is 17.7 Å². The van der Waals surface area contributed by atoms with Crippen molar-refractivity contribution in [2.24, 2.45) is 0 Å². The first-order valence-corrected chi connectivity index (χ1v) is 6.06. The van der Waals surface area contributed by atoms with Crippen molar-refractivity contribution in [1.82, 2.24) is 0 Å². The second-order valence-corrected chi connectivity index (χ2v) is 7.16. The summed E-state index contributed by atoms with van der Waals surface area (Å²) in [5.41, 5.74) is 0.836. The maximum atomic E-state index is 11.5. The van der Waals surface area contributed by atoms with Crippen LogP contribution in [0.15, 0.2) is 30.3 Å². The number of carbonyl (C=O) groups is 1. The summed E-state index contributed by atoms with van der Waals surface area (Å²) >= 11 is 1.47. The molecule has 0 aromatic heterocycles. The first kappa shape index (κ1) is 13.1. The summed E-state index contributed by atoms with van der Waals surface area (Å²) in [6.07, 6.45) is 0. The molecule has 1 N–H and O–H groups in total. The van der Waals surface area contributed by atoms with Gasteiger partial charge in [-0.25, -0.2) is 0 Å². The number of rotatable bonds is 3. The Bertz CT molecular complexity index is 367. The first-order valence-electron chi connectivity index (χ1n) is 5.25. The Labute approximate surface area is 101 Å². The molecule has 88 valence electrons. The van der Waals surface area contributed by atoms with Crippen molar-refractivity contribution in [1.29, 1.82) is 0 Å². The van der Waals surface area contributed by atoms with Gasteiger partial charge in [0, 0.05) is 4.75 Å². The van der Waals surface area contributed by atoms with Gasteiger partial charge in [0.25, 0.3) is 0 Å². The van der Waals surface area contributed by atoms with Crippen LogP contribution in [0.2, 0.25) is 0 Å². The maximum Gasteiger partial charge on any atom is 0.324 e. The molecule has 1 aromatic rings. The predicted molar refractivity (Wildman–Crippen MR) is 68.8 cm³/mol. The molecule has 0 bridgehead atoms. The fraction of sp³-hybridized carbons (Fsp3) is 0.462. The molecule has 1 unspecified atom stereocenters. The number of hydrogen-bond acceptors (Lipinski definition) is 2. The minimum atomic E-state index is -0.889. The number of carboxylic acid groups (broad SMARTS) is 1. The van der Waals surface area contributed by atoms with E-state index in [-0.39, 0.29) is 4.75 Å². The van der Waals surface area contributed by atoms with E-state index in [1.165, 1.54) is 11.8 Å². The van der Waals surface area contributed by atoms with E-state index in [2.05, 4.69) is 0 Å². The van der Waals surface area contributed by atoms with Gasteiger partial charge in [-0.3, -0.25) is 4.79 Å². The second-order valence-electron chi connectivity index (χ2n) is 4.92. The van der Waals surface area contributed by atoms with Crippen LogP contribution in [-0.4, -0.2) is 15.8 Å². The standard InChI is InChI=1S/C13H18O2S/c1-12(2,3)16-13(4,11(14)15)10-8-6-5-7-9-10/h5-9H,1-4H3,(H,14,15). The zero-order chi connectivity index (χ0) is 12.4. The van der Waals surface area contributed by atoms with Crippen molar-refractivity contribution in [2.75, 3.05) is 0 Å². The molecule has 0 aliphatic heterocycles. The molecule has 0 saturated heterocycles. The summed E-state index contributed by atoms with van der Waals surface area (Å²) in [6, 6.07) is 9.38. The normalized spacial score (nSPS) is 15.5. The van der Waals surface area contributed by atoms with Crippen LogP contribution in [0.4, 0.5) is 0 Å². The molecule has 0 radical (unpaired) electrons. The molecule has 1 aromatic carbocycles. The third-order valence-electron chi connectivity index (χ3n) is 2.24. The highest BCUT2D eigenvalue weighted by atomic mass is 32.2. The van der Waals surface area contributed by atoms with E-state index in [1.54, 1.807) is 6.92 Å². The molecule has 0 fully saturated rings. The number of hydrogen-bond donors (Lipinski definition) is 1. The molecule has 16 heavy (non-hydrogen) atoms. The molecule has 0 amide bonds. The molecule has 2 nitrogen and oxygen atoms in total. The van der Waals surface area contributed by atoms with Crippen molar-refractivity contribution in [3.8, 4) is 0 Å². The minimum Gasteiger partial charge on any atom is -0.480 e. The predicted octanol–water partition coefficient (Wildman–Crippen LogP) is 3.52. The van der Waals surface area contributed by atoms with E-state index in [0.717, 1.165) is 5.56 Å². The molecule has 0 heterocycles. The third kappa shape index (κ3) is 3.01. The number of benzene rings is 1. The summed E-state index contributed by atoms with van der Waals surface area (Å²) in [5, 5.41) is 9.43. The Kier molecular flexibility index (Phi) is 3.68. The fourth-order valence-electron chi connectivity index (χ4n) is 1.59. The zero-order valence-electron chi connectivity index (χ0n) is 10.2. The smallest absolute Gasteiger partial charge is 0.324 e. The lowest BCUT2D eigenvalue weighted by Crippen LogP contribution is -2.33. The van der Waals surface area contributed by atoms with E-state index in [1.807, 2.05) is 51.1 Å².